The summed E-state index contributed by atoms with van der Waals surface area (Å²) in [5, 5.41) is 19.2. The molecule has 1 fully saturated rings. The molecule has 1 aromatic heterocycles. The van der Waals surface area contributed by atoms with Crippen LogP contribution >= 0.6 is 0 Å². The Bertz CT molecular complexity index is 329. The summed E-state index contributed by atoms with van der Waals surface area (Å²) in [6, 6.07) is 0. The number of H-pyrrole nitrogens is 1. The van der Waals surface area contributed by atoms with Crippen LogP contribution in [0, 0.1) is 0 Å². The largest absolute Gasteiger partial charge is 0.347 e. The Kier molecular flexibility index (Phi) is 2.63. The molecule has 0 spiro atoms. The number of hydrogen-bond donors (Lipinski definition) is 3. The monoisotopic (exact) mass is 210 g/mol. The van der Waals surface area contributed by atoms with Crippen LogP contribution in [0.3, 0.4) is 0 Å². The van der Waals surface area contributed by atoms with Gasteiger partial charge in [-0.2, -0.15) is 5.21 Å². The molecular weight excluding hydrogens is 196 g/mol. The molecule has 15 heavy (non-hydrogen) atoms. The molecule has 7 heteroatoms. The minimum Gasteiger partial charge on any atom is -0.347 e. The zero-order valence-corrected chi connectivity index (χ0v) is 8.58. The molecule has 1 amide bonds. The summed E-state index contributed by atoms with van der Waals surface area (Å²) in [6.45, 7) is 3.12. The van der Waals surface area contributed by atoms with Crippen molar-refractivity contribution in [3.05, 3.63) is 5.82 Å². The normalized spacial score (nSPS) is 25.4. The third-order valence-corrected chi connectivity index (χ3v) is 2.67. The molecule has 0 bridgehead atoms. The van der Waals surface area contributed by atoms with Gasteiger partial charge in [0, 0.05) is 0 Å². The number of nitrogens with one attached hydrogen (secondary N) is 3. The highest BCUT2D eigenvalue weighted by atomic mass is 16.2. The average Bonchev–Trinajstić information content (AvgIpc) is 2.85. The summed E-state index contributed by atoms with van der Waals surface area (Å²) in [4.78, 5) is 11.8. The maximum absolute atomic E-state index is 11.8. The SMILES string of the molecule is CC1(C(=O)NCc2nn[nH]n2)CCCN1. The number of aromatic nitrogens is 4. The van der Waals surface area contributed by atoms with Gasteiger partial charge in [0.15, 0.2) is 5.82 Å². The Hall–Kier alpha value is -1.50. The lowest BCUT2D eigenvalue weighted by Gasteiger charge is -2.22. The highest BCUT2D eigenvalue weighted by Crippen LogP contribution is 2.18. The number of aromatic amines is 1. The third kappa shape index (κ3) is 2.12. The molecule has 0 aliphatic carbocycles. The van der Waals surface area contributed by atoms with Crippen LogP contribution in [0.4, 0.5) is 0 Å². The summed E-state index contributed by atoms with van der Waals surface area (Å²) in [7, 11) is 0. The second-order valence-corrected chi connectivity index (χ2v) is 3.87. The van der Waals surface area contributed by atoms with Crippen LogP contribution < -0.4 is 10.6 Å². The molecule has 0 radical (unpaired) electrons. The molecule has 1 aromatic rings. The van der Waals surface area contributed by atoms with E-state index in [4.69, 9.17) is 0 Å². The molecule has 1 aliphatic rings. The zero-order chi connectivity index (χ0) is 10.7. The second-order valence-electron chi connectivity index (χ2n) is 3.87. The van der Waals surface area contributed by atoms with E-state index >= 15 is 0 Å². The van der Waals surface area contributed by atoms with Gasteiger partial charge in [-0.1, -0.05) is 5.21 Å². The highest BCUT2D eigenvalue weighted by Gasteiger charge is 2.35. The summed E-state index contributed by atoms with van der Waals surface area (Å²) in [5.41, 5.74) is -0.441. The van der Waals surface area contributed by atoms with Gasteiger partial charge in [0.05, 0.1) is 12.1 Å². The summed E-state index contributed by atoms with van der Waals surface area (Å²) in [5.74, 6) is 0.481. The fourth-order valence-corrected chi connectivity index (χ4v) is 1.70. The van der Waals surface area contributed by atoms with E-state index in [1.807, 2.05) is 6.92 Å². The summed E-state index contributed by atoms with van der Waals surface area (Å²) < 4.78 is 0. The highest BCUT2D eigenvalue weighted by molar-refractivity contribution is 5.86. The maximum atomic E-state index is 11.8. The van der Waals surface area contributed by atoms with Gasteiger partial charge in [0.25, 0.3) is 0 Å². The lowest BCUT2D eigenvalue weighted by molar-refractivity contribution is -0.126. The van der Waals surface area contributed by atoms with Gasteiger partial charge in [-0.25, -0.2) is 0 Å². The van der Waals surface area contributed by atoms with E-state index in [2.05, 4.69) is 31.3 Å². The van der Waals surface area contributed by atoms with Crippen molar-refractivity contribution in [3.8, 4) is 0 Å². The minimum atomic E-state index is -0.441. The lowest BCUT2D eigenvalue weighted by atomic mass is 9.99. The lowest BCUT2D eigenvalue weighted by Crippen LogP contribution is -2.50. The Morgan fingerprint density at radius 1 is 1.67 bits per heavy atom. The van der Waals surface area contributed by atoms with Crippen molar-refractivity contribution in [2.75, 3.05) is 6.54 Å². The maximum Gasteiger partial charge on any atom is 0.240 e. The van der Waals surface area contributed by atoms with Crippen LogP contribution in [0.2, 0.25) is 0 Å². The number of carbonyl (C=O) groups is 1. The van der Waals surface area contributed by atoms with Crippen molar-refractivity contribution in [1.82, 2.24) is 31.3 Å². The smallest absolute Gasteiger partial charge is 0.240 e. The van der Waals surface area contributed by atoms with Gasteiger partial charge < -0.3 is 10.6 Å². The number of carbonyl (C=O) groups excluding carboxylic acids is 1. The van der Waals surface area contributed by atoms with E-state index in [0.717, 1.165) is 19.4 Å². The molecular formula is C8H14N6O. The summed E-state index contributed by atoms with van der Waals surface area (Å²) >= 11 is 0. The van der Waals surface area contributed by atoms with Crippen LogP contribution in [-0.2, 0) is 11.3 Å². The van der Waals surface area contributed by atoms with Gasteiger partial charge in [0.2, 0.25) is 5.91 Å². The van der Waals surface area contributed by atoms with Crippen LogP contribution in [0.1, 0.15) is 25.6 Å². The van der Waals surface area contributed by atoms with Crippen molar-refractivity contribution in [2.24, 2.45) is 0 Å². The van der Waals surface area contributed by atoms with E-state index in [0.29, 0.717) is 12.4 Å². The van der Waals surface area contributed by atoms with Crippen molar-refractivity contribution in [2.45, 2.75) is 31.8 Å². The van der Waals surface area contributed by atoms with E-state index in [1.54, 1.807) is 0 Å². The molecule has 1 saturated heterocycles. The van der Waals surface area contributed by atoms with Gasteiger partial charge >= 0.3 is 0 Å². The molecule has 1 unspecified atom stereocenters. The van der Waals surface area contributed by atoms with Crippen LogP contribution in [-0.4, -0.2) is 38.6 Å². The molecule has 0 saturated carbocycles. The number of nitrogens with zero attached hydrogens (tertiary/aromatic N) is 3. The van der Waals surface area contributed by atoms with Crippen molar-refractivity contribution in [3.63, 3.8) is 0 Å². The molecule has 3 N–H and O–H groups in total. The fraction of sp³-hybridized carbons (Fsp3) is 0.750. The predicted molar refractivity (Wildman–Crippen MR) is 51.7 cm³/mol. The van der Waals surface area contributed by atoms with E-state index in [-0.39, 0.29) is 5.91 Å². The second kappa shape index (κ2) is 3.93. The zero-order valence-electron chi connectivity index (χ0n) is 8.58. The van der Waals surface area contributed by atoms with Gasteiger partial charge in [-0.05, 0) is 26.3 Å². The molecule has 7 nitrogen and oxygen atoms in total. The standard InChI is InChI=1S/C8H14N6O/c1-8(3-2-4-10-8)7(15)9-5-6-11-13-14-12-6/h10H,2-5H2,1H3,(H,9,15)(H,11,12,13,14). The van der Waals surface area contributed by atoms with Gasteiger partial charge in [-0.3, -0.25) is 4.79 Å². The van der Waals surface area contributed by atoms with Crippen LogP contribution in [0.15, 0.2) is 0 Å². The molecule has 2 rings (SSSR count). The minimum absolute atomic E-state index is 0.00944. The fourth-order valence-electron chi connectivity index (χ4n) is 1.70. The first-order valence-corrected chi connectivity index (χ1v) is 4.96. The number of rotatable bonds is 3. The first-order valence-electron chi connectivity index (χ1n) is 4.96. The molecule has 1 atom stereocenters. The molecule has 0 aromatic carbocycles. The Morgan fingerprint density at radius 2 is 2.53 bits per heavy atom. The Balaban J connectivity index is 1.87. The third-order valence-electron chi connectivity index (χ3n) is 2.67. The first kappa shape index (κ1) is 10.0. The van der Waals surface area contributed by atoms with Crippen LogP contribution in [0.5, 0.6) is 0 Å². The van der Waals surface area contributed by atoms with Gasteiger partial charge in [-0.15, -0.1) is 10.2 Å². The topological polar surface area (TPSA) is 95.6 Å². The van der Waals surface area contributed by atoms with Crippen molar-refractivity contribution >= 4 is 5.91 Å². The van der Waals surface area contributed by atoms with Crippen molar-refractivity contribution in [1.29, 1.82) is 0 Å². The molecule has 1 aliphatic heterocycles. The molecule has 82 valence electrons. The van der Waals surface area contributed by atoms with Gasteiger partial charge in [0.1, 0.15) is 0 Å². The molecule has 2 heterocycles. The predicted octanol–water partition coefficient (Wildman–Crippen LogP) is -1.04. The number of tetrazole rings is 1. The number of hydrogen-bond acceptors (Lipinski definition) is 5. The summed E-state index contributed by atoms with van der Waals surface area (Å²) in [6.07, 6.45) is 1.90. The van der Waals surface area contributed by atoms with Crippen molar-refractivity contribution < 1.29 is 4.79 Å². The Morgan fingerprint density at radius 3 is 3.13 bits per heavy atom. The first-order chi connectivity index (χ1) is 7.21. The quantitative estimate of drug-likeness (QED) is 0.592. The Labute approximate surface area is 87.0 Å². The van der Waals surface area contributed by atoms with E-state index < -0.39 is 5.54 Å². The number of amides is 1. The van der Waals surface area contributed by atoms with E-state index in [1.165, 1.54) is 0 Å². The average molecular weight is 210 g/mol. The van der Waals surface area contributed by atoms with E-state index in [9.17, 15) is 4.79 Å². The van der Waals surface area contributed by atoms with Crippen LogP contribution in [0.25, 0.3) is 0 Å².